The van der Waals surface area contributed by atoms with Gasteiger partial charge in [0, 0.05) is 0 Å². The Balaban J connectivity index is 3.11. The van der Waals surface area contributed by atoms with Crippen molar-refractivity contribution in [3.8, 4) is 0 Å². The maximum Gasteiger partial charge on any atom is 0.190 e. The van der Waals surface area contributed by atoms with E-state index in [1.165, 1.54) is 0 Å². The third-order valence-corrected chi connectivity index (χ3v) is 1.28. The van der Waals surface area contributed by atoms with E-state index in [4.69, 9.17) is 34.8 Å². The number of hydrogen-bond acceptors (Lipinski definition) is 0. The molecule has 0 aliphatic heterocycles. The van der Waals surface area contributed by atoms with Gasteiger partial charge in [0.2, 0.25) is 0 Å². The van der Waals surface area contributed by atoms with E-state index in [0.717, 1.165) is 12.8 Å². The van der Waals surface area contributed by atoms with Crippen molar-refractivity contribution in [1.29, 1.82) is 0 Å². The van der Waals surface area contributed by atoms with Crippen LogP contribution in [0.3, 0.4) is 0 Å². The highest BCUT2D eigenvalue weighted by atomic mass is 35.6. The summed E-state index contributed by atoms with van der Waals surface area (Å²) < 4.78 is -1.07. The summed E-state index contributed by atoms with van der Waals surface area (Å²) >= 11 is 16.2. The summed E-state index contributed by atoms with van der Waals surface area (Å²) in [5.74, 6) is 0. The van der Waals surface area contributed by atoms with Gasteiger partial charge in [-0.05, 0) is 12.8 Å². The molecule has 0 atom stereocenters. The Labute approximate surface area is 65.1 Å². The average molecular weight is 174 g/mol. The summed E-state index contributed by atoms with van der Waals surface area (Å²) in [6, 6.07) is 0. The number of unbranched alkanes of at least 4 members (excludes halogenated alkanes) is 1. The highest BCUT2D eigenvalue weighted by molar-refractivity contribution is 6.67. The fraction of sp³-hybridized carbons (Fsp3) is 0.800. The second-order valence-corrected chi connectivity index (χ2v) is 4.09. The summed E-state index contributed by atoms with van der Waals surface area (Å²) in [4.78, 5) is 0. The molecule has 0 nitrogen and oxygen atoms in total. The Morgan fingerprint density at radius 1 is 1.25 bits per heavy atom. The zero-order valence-corrected chi connectivity index (χ0v) is 6.73. The van der Waals surface area contributed by atoms with Crippen LogP contribution in [0.4, 0.5) is 0 Å². The van der Waals surface area contributed by atoms with E-state index in [-0.39, 0.29) is 0 Å². The van der Waals surface area contributed by atoms with Gasteiger partial charge in [0.05, 0.1) is 0 Å². The summed E-state index contributed by atoms with van der Waals surface area (Å²) in [5, 5.41) is 0. The topological polar surface area (TPSA) is 0 Å². The van der Waals surface area contributed by atoms with E-state index < -0.39 is 3.79 Å². The molecular formula is C5H8Cl3. The first-order chi connectivity index (χ1) is 3.56. The van der Waals surface area contributed by atoms with Crippen LogP contribution in [0.5, 0.6) is 0 Å². The van der Waals surface area contributed by atoms with Crippen molar-refractivity contribution in [2.45, 2.75) is 23.1 Å². The molecule has 0 aromatic heterocycles. The zero-order valence-electron chi connectivity index (χ0n) is 4.46. The highest BCUT2D eigenvalue weighted by Gasteiger charge is 2.17. The monoisotopic (exact) mass is 173 g/mol. The van der Waals surface area contributed by atoms with E-state index in [9.17, 15) is 0 Å². The lowest BCUT2D eigenvalue weighted by Gasteiger charge is -2.07. The van der Waals surface area contributed by atoms with Gasteiger partial charge >= 0.3 is 0 Å². The largest absolute Gasteiger partial charge is 0.190 e. The van der Waals surface area contributed by atoms with Gasteiger partial charge in [-0.3, -0.25) is 0 Å². The van der Waals surface area contributed by atoms with Crippen LogP contribution in [-0.2, 0) is 0 Å². The minimum atomic E-state index is -1.07. The predicted molar refractivity (Wildman–Crippen MR) is 39.5 cm³/mol. The van der Waals surface area contributed by atoms with E-state index in [2.05, 4.69) is 6.92 Å². The summed E-state index contributed by atoms with van der Waals surface area (Å²) in [6.45, 7) is 3.61. The minimum absolute atomic E-state index is 0.598. The summed E-state index contributed by atoms with van der Waals surface area (Å²) in [6.07, 6.45) is 2.30. The fourth-order valence-electron chi connectivity index (χ4n) is 0.325. The fourth-order valence-corrected chi connectivity index (χ4v) is 0.726. The van der Waals surface area contributed by atoms with Crippen LogP contribution >= 0.6 is 34.8 Å². The molecule has 0 amide bonds. The third-order valence-electron chi connectivity index (χ3n) is 0.710. The minimum Gasteiger partial charge on any atom is -0.0837 e. The second-order valence-electron chi connectivity index (χ2n) is 1.57. The van der Waals surface area contributed by atoms with Crippen molar-refractivity contribution in [2.75, 3.05) is 0 Å². The van der Waals surface area contributed by atoms with Crippen LogP contribution in [0.15, 0.2) is 0 Å². The zero-order chi connectivity index (χ0) is 6.62. The molecule has 0 saturated heterocycles. The first-order valence-corrected chi connectivity index (χ1v) is 3.55. The first-order valence-electron chi connectivity index (χ1n) is 2.42. The van der Waals surface area contributed by atoms with Crippen LogP contribution in [0, 0.1) is 6.92 Å². The SMILES string of the molecule is [CH2]CCCC(Cl)(Cl)Cl. The molecule has 0 unspecified atom stereocenters. The van der Waals surface area contributed by atoms with Crippen molar-refractivity contribution < 1.29 is 0 Å². The van der Waals surface area contributed by atoms with Crippen LogP contribution < -0.4 is 0 Å². The number of halogens is 3. The molecule has 1 radical (unpaired) electrons. The number of alkyl halides is 3. The van der Waals surface area contributed by atoms with E-state index >= 15 is 0 Å². The lowest BCUT2D eigenvalue weighted by Crippen LogP contribution is -1.99. The molecule has 0 bridgehead atoms. The van der Waals surface area contributed by atoms with Crippen molar-refractivity contribution in [3.63, 3.8) is 0 Å². The average Bonchev–Trinajstić information content (AvgIpc) is 1.59. The first kappa shape index (κ1) is 8.87. The summed E-state index contributed by atoms with van der Waals surface area (Å²) in [7, 11) is 0. The normalized spacial score (nSPS) is 12.0. The predicted octanol–water partition coefficient (Wildman–Crippen LogP) is 3.36. The maximum absolute atomic E-state index is 5.42. The van der Waals surface area contributed by atoms with Gasteiger partial charge in [0.25, 0.3) is 0 Å². The van der Waals surface area contributed by atoms with Crippen LogP contribution in [0.1, 0.15) is 19.3 Å². The quantitative estimate of drug-likeness (QED) is 0.563. The molecule has 0 fully saturated rings. The molecule has 0 aliphatic rings. The standard InChI is InChI=1S/C5H8Cl3/c1-2-3-4-5(6,7)8/h1-4H2. The Morgan fingerprint density at radius 2 is 1.75 bits per heavy atom. The lowest BCUT2D eigenvalue weighted by molar-refractivity contribution is 0.766. The van der Waals surface area contributed by atoms with Crippen LogP contribution in [-0.4, -0.2) is 3.79 Å². The van der Waals surface area contributed by atoms with E-state index in [1.54, 1.807) is 0 Å². The Kier molecular flexibility index (Phi) is 4.23. The number of rotatable bonds is 2. The van der Waals surface area contributed by atoms with Gasteiger partial charge in [-0.15, -0.1) is 0 Å². The van der Waals surface area contributed by atoms with Crippen molar-refractivity contribution in [2.24, 2.45) is 0 Å². The number of hydrogen-bond donors (Lipinski definition) is 0. The molecule has 0 N–H and O–H groups in total. The second kappa shape index (κ2) is 3.81. The lowest BCUT2D eigenvalue weighted by atomic mass is 10.3. The van der Waals surface area contributed by atoms with Gasteiger partial charge in [-0.2, -0.15) is 0 Å². The molecular weight excluding hydrogens is 166 g/mol. The Hall–Kier alpha value is 0.870. The van der Waals surface area contributed by atoms with Gasteiger partial charge in [-0.1, -0.05) is 48.1 Å². The molecule has 0 aromatic rings. The van der Waals surface area contributed by atoms with Gasteiger partial charge < -0.3 is 0 Å². The van der Waals surface area contributed by atoms with Crippen LogP contribution in [0.25, 0.3) is 0 Å². The molecule has 0 saturated carbocycles. The molecule has 0 spiro atoms. The highest BCUT2D eigenvalue weighted by Crippen LogP contribution is 2.31. The van der Waals surface area contributed by atoms with Gasteiger partial charge in [-0.25, -0.2) is 0 Å². The van der Waals surface area contributed by atoms with Crippen molar-refractivity contribution in [3.05, 3.63) is 6.92 Å². The van der Waals surface area contributed by atoms with Gasteiger partial charge in [0.15, 0.2) is 3.79 Å². The Bertz CT molecular complexity index is 55.2. The molecule has 0 aromatic carbocycles. The molecule has 8 heavy (non-hydrogen) atoms. The molecule has 49 valence electrons. The van der Waals surface area contributed by atoms with E-state index in [1.807, 2.05) is 0 Å². The van der Waals surface area contributed by atoms with Crippen molar-refractivity contribution in [1.82, 2.24) is 0 Å². The molecule has 3 heteroatoms. The van der Waals surface area contributed by atoms with Crippen molar-refractivity contribution >= 4 is 34.8 Å². The molecule has 0 heterocycles. The third kappa shape index (κ3) is 6.87. The smallest absolute Gasteiger partial charge is 0.0837 e. The molecule has 0 rings (SSSR count). The Morgan fingerprint density at radius 3 is 1.88 bits per heavy atom. The van der Waals surface area contributed by atoms with Crippen LogP contribution in [0.2, 0.25) is 0 Å². The van der Waals surface area contributed by atoms with Gasteiger partial charge in [0.1, 0.15) is 0 Å². The molecule has 0 aliphatic carbocycles. The summed E-state index contributed by atoms with van der Waals surface area (Å²) in [5.41, 5.74) is 0. The van der Waals surface area contributed by atoms with E-state index in [0.29, 0.717) is 6.42 Å². The maximum atomic E-state index is 5.42.